The van der Waals surface area contributed by atoms with Crippen LogP contribution in [0.15, 0.2) is 206 Å². The van der Waals surface area contributed by atoms with Gasteiger partial charge in [-0.2, -0.15) is 0 Å². The molecule has 3 N–H and O–H groups in total. The Morgan fingerprint density at radius 2 is 0.800 bits per heavy atom. The maximum Gasteiger partial charge on any atom is 0.0566 e. The molecule has 14 aromatic rings. The first-order valence-electron chi connectivity index (χ1n) is 21.3. The number of nitrogens with one attached hydrogen (secondary N) is 3. The number of aromatic nitrogens is 4. The normalized spacial score (nSPS) is 11.1. The summed E-state index contributed by atoms with van der Waals surface area (Å²) in [4.78, 5) is 12.7. The number of para-hydroxylation sites is 4. The molecule has 14 rings (SSSR count). The van der Waals surface area contributed by atoms with Crippen molar-refractivity contribution in [1.29, 1.82) is 0 Å². The zero-order valence-corrected chi connectivity index (χ0v) is 39.8. The van der Waals surface area contributed by atoms with E-state index in [0.29, 0.717) is 0 Å². The van der Waals surface area contributed by atoms with Crippen LogP contribution in [0, 0.1) is 16.4 Å². The van der Waals surface area contributed by atoms with Crippen molar-refractivity contribution in [3.8, 4) is 18.5 Å². The van der Waals surface area contributed by atoms with Crippen LogP contribution in [0.25, 0.3) is 114 Å². The number of nitrogens with zero attached hydrogens (tertiary/aromatic N) is 1. The van der Waals surface area contributed by atoms with Crippen molar-refractivity contribution in [3.63, 3.8) is 0 Å². The van der Waals surface area contributed by atoms with E-state index >= 15 is 0 Å². The first-order chi connectivity index (χ1) is 32.2. The average molecular weight is 1060 g/mol. The second kappa shape index (κ2) is 18.2. The predicted octanol–water partition coefficient (Wildman–Crippen LogP) is 17.3. The zero-order valence-electron chi connectivity index (χ0n) is 35.5. The lowest BCUT2D eigenvalue weighted by Gasteiger charge is -2.11. The second-order valence-corrected chi connectivity index (χ2v) is 16.8. The Labute approximate surface area is 403 Å². The van der Waals surface area contributed by atoms with E-state index < -0.39 is 0 Å². The van der Waals surface area contributed by atoms with E-state index in [2.05, 4.69) is 284 Å². The third-order valence-electron chi connectivity index (χ3n) is 12.2. The smallest absolute Gasteiger partial charge is 0.0566 e. The summed E-state index contributed by atoms with van der Waals surface area (Å²) in [6.07, 6.45) is 8.00. The van der Waals surface area contributed by atoms with Gasteiger partial charge in [0.2, 0.25) is 0 Å². The van der Waals surface area contributed by atoms with Crippen molar-refractivity contribution in [2.45, 2.75) is 0 Å². The summed E-state index contributed by atoms with van der Waals surface area (Å²) in [5.41, 5.74) is 10.9. The van der Waals surface area contributed by atoms with Gasteiger partial charge in [0.05, 0.1) is 27.8 Å². The molecule has 65 heavy (non-hydrogen) atoms. The Morgan fingerprint density at radius 3 is 1.45 bits per heavy atom. The molecule has 0 unspecified atom stereocenters. The van der Waals surface area contributed by atoms with E-state index in [1.54, 1.807) is 0 Å². The molecule has 4 aromatic heterocycles. The molecule has 4 heterocycles. The van der Waals surface area contributed by atoms with Gasteiger partial charge in [-0.25, -0.2) is 0 Å². The number of fused-ring (bicyclic) bond motifs is 16. The number of alkyl halides is 1. The van der Waals surface area contributed by atoms with Crippen LogP contribution in [0.5, 0.6) is 0 Å². The van der Waals surface area contributed by atoms with Gasteiger partial charge in [-0.15, -0.1) is 12.8 Å². The van der Waals surface area contributed by atoms with E-state index in [-0.39, 0.29) is 0 Å². The van der Waals surface area contributed by atoms with Crippen molar-refractivity contribution in [3.05, 3.63) is 210 Å². The van der Waals surface area contributed by atoms with E-state index in [1.807, 2.05) is 4.93 Å². The zero-order chi connectivity index (χ0) is 44.4. The standard InChI is InChI=1S/C28H18N2.C18H12N2.C10H7I.C2H2.CH3I/c1-2-10-19-18(8-1)9-7-15-24(19)30-25-14-6-4-12-22(25)27-26(30)17-16-21-20-11-3-5-13-23(20)29-28(21)27;1-3-7-14-11(5-1)12-9-10-16-17(18(12)20-14)13-6-2-4-8-15(13)19-16;11-10-7-3-5-8-4-1-2-6-9(8)10;2*1-2/h1-17,29H;1-10,19-20H;1-7H;1-2H;1H3. The summed E-state index contributed by atoms with van der Waals surface area (Å²) in [5.74, 6) is 0. The highest BCUT2D eigenvalue weighted by Gasteiger charge is 2.18. The van der Waals surface area contributed by atoms with Crippen LogP contribution in [0.4, 0.5) is 0 Å². The molecular weight excluding hydrogens is 1020 g/mol. The maximum absolute atomic E-state index is 4.00. The summed E-state index contributed by atoms with van der Waals surface area (Å²) in [6.45, 7) is 0. The number of halogens is 2. The van der Waals surface area contributed by atoms with Crippen LogP contribution in [-0.2, 0) is 0 Å². The van der Waals surface area contributed by atoms with Crippen molar-refractivity contribution >= 4 is 154 Å². The first kappa shape index (κ1) is 41.9. The van der Waals surface area contributed by atoms with Gasteiger partial charge < -0.3 is 19.5 Å². The highest BCUT2D eigenvalue weighted by molar-refractivity contribution is 14.1. The van der Waals surface area contributed by atoms with Crippen LogP contribution in [0.2, 0.25) is 0 Å². The van der Waals surface area contributed by atoms with Crippen LogP contribution in [-0.4, -0.2) is 24.4 Å². The summed E-state index contributed by atoms with van der Waals surface area (Å²) < 4.78 is 3.73. The summed E-state index contributed by atoms with van der Waals surface area (Å²) >= 11 is 4.51. The molecule has 10 aromatic carbocycles. The summed E-state index contributed by atoms with van der Waals surface area (Å²) in [7, 11) is 0. The number of benzene rings is 10. The SMILES string of the molecule is C#C.CI.Ic1cccc2ccccc12.c1ccc2c(-n3c4ccccc4c4c5[nH]c6ccccc6c5ccc43)cccc2c1.c1ccc2c(c1)[nH]c1c2ccc2[nH]c3ccccc3c21. The van der Waals surface area contributed by atoms with Gasteiger partial charge in [-0.3, -0.25) is 0 Å². The monoisotopic (exact) mass is 1060 g/mol. The topological polar surface area (TPSA) is 52.3 Å². The Balaban J connectivity index is 0.000000122. The lowest BCUT2D eigenvalue weighted by atomic mass is 10.1. The van der Waals surface area contributed by atoms with Gasteiger partial charge in [-0.1, -0.05) is 180 Å². The minimum absolute atomic E-state index is 1.18. The molecule has 0 fully saturated rings. The predicted molar refractivity (Wildman–Crippen MR) is 299 cm³/mol. The van der Waals surface area contributed by atoms with Crippen LogP contribution >= 0.6 is 45.2 Å². The molecule has 6 heteroatoms. The molecule has 0 atom stereocenters. The lowest BCUT2D eigenvalue weighted by molar-refractivity contribution is 1.20. The number of hydrogen-bond donors (Lipinski definition) is 3. The van der Waals surface area contributed by atoms with Crippen molar-refractivity contribution in [1.82, 2.24) is 19.5 Å². The number of terminal acetylenes is 1. The molecule has 0 saturated carbocycles. The minimum Gasteiger partial charge on any atom is -0.354 e. The van der Waals surface area contributed by atoms with Gasteiger partial charge in [0.25, 0.3) is 0 Å². The average Bonchev–Trinajstić information content (AvgIpc) is 4.14. The fourth-order valence-electron chi connectivity index (χ4n) is 9.48. The van der Waals surface area contributed by atoms with Gasteiger partial charge in [0, 0.05) is 74.1 Å². The third-order valence-corrected chi connectivity index (χ3v) is 13.1. The van der Waals surface area contributed by atoms with Crippen LogP contribution in [0.3, 0.4) is 0 Å². The van der Waals surface area contributed by atoms with Gasteiger partial charge in [-0.05, 0) is 92.2 Å². The van der Waals surface area contributed by atoms with E-state index in [4.69, 9.17) is 0 Å². The van der Waals surface area contributed by atoms with Gasteiger partial charge in [0.15, 0.2) is 0 Å². The first-order valence-corrected chi connectivity index (χ1v) is 24.6. The highest BCUT2D eigenvalue weighted by Crippen LogP contribution is 2.40. The van der Waals surface area contributed by atoms with Crippen molar-refractivity contribution < 1.29 is 0 Å². The number of rotatable bonds is 1. The van der Waals surface area contributed by atoms with E-state index in [9.17, 15) is 0 Å². The quantitative estimate of drug-likeness (QED) is 0.0834. The van der Waals surface area contributed by atoms with E-state index in [0.717, 1.165) is 0 Å². The van der Waals surface area contributed by atoms with Crippen LogP contribution < -0.4 is 0 Å². The molecular formula is C59H42I2N4. The largest absolute Gasteiger partial charge is 0.354 e. The number of aromatic amines is 3. The lowest BCUT2D eigenvalue weighted by Crippen LogP contribution is -1.94. The minimum atomic E-state index is 1.18. The van der Waals surface area contributed by atoms with Gasteiger partial charge in [0.1, 0.15) is 0 Å². The van der Waals surface area contributed by atoms with Crippen molar-refractivity contribution in [2.24, 2.45) is 0 Å². The Hall–Kier alpha value is -7.06. The van der Waals surface area contributed by atoms with Crippen molar-refractivity contribution in [2.75, 3.05) is 4.93 Å². The molecule has 0 aliphatic rings. The number of H-pyrrole nitrogens is 3. The van der Waals surface area contributed by atoms with Crippen LogP contribution in [0.1, 0.15) is 0 Å². The molecule has 312 valence electrons. The molecule has 0 spiro atoms. The molecule has 4 nitrogen and oxygen atoms in total. The Bertz CT molecular complexity index is 4020. The molecule has 0 saturated heterocycles. The second-order valence-electron chi connectivity index (χ2n) is 15.6. The molecule has 0 bridgehead atoms. The third kappa shape index (κ3) is 7.35. The fourth-order valence-corrected chi connectivity index (χ4v) is 10.2. The molecule has 0 aliphatic heterocycles. The summed E-state index contributed by atoms with van der Waals surface area (Å²) in [5, 5.41) is 15.4. The maximum atomic E-state index is 4.00. The Kier molecular flexibility index (Phi) is 11.7. The number of hydrogen-bond acceptors (Lipinski definition) is 0. The molecule has 0 amide bonds. The highest BCUT2D eigenvalue weighted by atomic mass is 127. The van der Waals surface area contributed by atoms with Gasteiger partial charge >= 0.3 is 0 Å². The van der Waals surface area contributed by atoms with E-state index in [1.165, 1.54) is 118 Å². The Morgan fingerprint density at radius 1 is 0.338 bits per heavy atom. The summed E-state index contributed by atoms with van der Waals surface area (Å²) in [6, 6.07) is 73.1. The molecule has 0 radical (unpaired) electrons. The molecule has 0 aliphatic carbocycles. The fraction of sp³-hybridized carbons (Fsp3) is 0.0169.